The van der Waals surface area contributed by atoms with Gasteiger partial charge < -0.3 is 12.8 Å². The van der Waals surface area contributed by atoms with Crippen LogP contribution >= 0.6 is 0 Å². The molecule has 0 spiro atoms. The van der Waals surface area contributed by atoms with Crippen molar-refractivity contribution in [1.82, 2.24) is 0 Å². The van der Waals surface area contributed by atoms with E-state index in [0.29, 0.717) is 0 Å². The predicted octanol–water partition coefficient (Wildman–Crippen LogP) is 4.50. The maximum Gasteiger partial charge on any atom is 0 e. The Morgan fingerprint density at radius 2 is 1.24 bits per heavy atom. The van der Waals surface area contributed by atoms with Gasteiger partial charge in [-0.1, -0.05) is 0 Å². The smallest absolute Gasteiger partial charge is 0 e. The van der Waals surface area contributed by atoms with Gasteiger partial charge in [0.25, 0.3) is 0 Å². The van der Waals surface area contributed by atoms with E-state index in [4.69, 9.17) is 0 Å². The van der Waals surface area contributed by atoms with E-state index in [2.05, 4.69) is 50.2 Å². The molecule has 2 aromatic carbocycles. The SMILES string of the molecule is C[C-](Cc1[c-]cccc1)Cc1[c-]cccc1.[CH2-]C.[W].[Y].[Y]. The first-order valence-corrected chi connectivity index (χ1v) is 6.28. The molecule has 0 saturated heterocycles. The van der Waals surface area contributed by atoms with Crippen LogP contribution in [-0.2, 0) is 99.3 Å². The summed E-state index contributed by atoms with van der Waals surface area (Å²) in [5.74, 6) is 1.45. The first-order valence-electron chi connectivity index (χ1n) is 6.28. The van der Waals surface area contributed by atoms with Gasteiger partial charge in [-0.2, -0.15) is 98.5 Å². The fraction of sp³-hybridized carbons (Fsp3) is 0.222. The molecule has 0 heterocycles. The van der Waals surface area contributed by atoms with Gasteiger partial charge >= 0.3 is 0 Å². The van der Waals surface area contributed by atoms with Crippen LogP contribution in [0.3, 0.4) is 0 Å². The van der Waals surface area contributed by atoms with E-state index in [1.54, 1.807) is 6.92 Å². The zero-order valence-corrected chi connectivity index (χ0v) is 21.4. The first-order chi connectivity index (χ1) is 8.84. The molecule has 3 heteroatoms. The summed E-state index contributed by atoms with van der Waals surface area (Å²) in [6, 6.07) is 22.8. The molecule has 0 saturated carbocycles. The van der Waals surface area contributed by atoms with Gasteiger partial charge in [-0.3, -0.25) is 0 Å². The largest absolute Gasteiger partial charge is 0.346 e. The van der Waals surface area contributed by atoms with E-state index in [9.17, 15) is 0 Å². The molecule has 0 aliphatic heterocycles. The third-order valence-electron chi connectivity index (χ3n) is 2.53. The van der Waals surface area contributed by atoms with Gasteiger partial charge in [-0.15, -0.1) is 0 Å². The fourth-order valence-corrected chi connectivity index (χ4v) is 1.79. The Kier molecular flexibility index (Phi) is 22.9. The van der Waals surface area contributed by atoms with Gasteiger partial charge in [0, 0.05) is 86.5 Å². The fourth-order valence-electron chi connectivity index (χ4n) is 1.79. The Bertz CT molecular complexity index is 376. The molecule has 0 unspecified atom stereocenters. The molecular weight excluding hydrogens is 578 g/mol. The molecular formula is C18H20WY2-4. The van der Waals surface area contributed by atoms with Crippen molar-refractivity contribution in [2.45, 2.75) is 26.7 Å². The van der Waals surface area contributed by atoms with Crippen LogP contribution in [0.1, 0.15) is 25.0 Å². The normalized spacial score (nSPS) is 8.38. The summed E-state index contributed by atoms with van der Waals surface area (Å²) in [7, 11) is 0. The molecule has 0 amide bonds. The molecule has 0 N–H and O–H groups in total. The summed E-state index contributed by atoms with van der Waals surface area (Å²) >= 11 is 0. The Labute approximate surface area is 195 Å². The molecule has 108 valence electrons. The zero-order chi connectivity index (χ0) is 13.2. The van der Waals surface area contributed by atoms with Gasteiger partial charge in [0.05, 0.1) is 0 Å². The number of hydrogen-bond donors (Lipinski definition) is 0. The summed E-state index contributed by atoms with van der Waals surface area (Å²) in [5.41, 5.74) is 2.52. The molecule has 0 nitrogen and oxygen atoms in total. The summed E-state index contributed by atoms with van der Waals surface area (Å²) in [6.45, 7) is 7.20. The molecule has 2 rings (SSSR count). The minimum absolute atomic E-state index is 0. The monoisotopic (exact) mass is 598 g/mol. The van der Waals surface area contributed by atoms with Gasteiger partial charge in [0.1, 0.15) is 0 Å². The molecule has 0 bridgehead atoms. The van der Waals surface area contributed by atoms with Crippen LogP contribution in [0.5, 0.6) is 0 Å². The van der Waals surface area contributed by atoms with Crippen LogP contribution in [0, 0.1) is 25.0 Å². The van der Waals surface area contributed by atoms with E-state index in [0.717, 1.165) is 12.8 Å². The number of hydrogen-bond acceptors (Lipinski definition) is 0. The summed E-state index contributed by atoms with van der Waals surface area (Å²) in [5, 5.41) is 0. The maximum absolute atomic E-state index is 3.25. The zero-order valence-electron chi connectivity index (χ0n) is 12.8. The van der Waals surface area contributed by atoms with Crippen molar-refractivity contribution >= 4 is 0 Å². The van der Waals surface area contributed by atoms with E-state index < -0.39 is 0 Å². The molecule has 0 aliphatic carbocycles. The van der Waals surface area contributed by atoms with Crippen LogP contribution in [0.4, 0.5) is 0 Å². The van der Waals surface area contributed by atoms with Crippen molar-refractivity contribution in [2.75, 3.05) is 0 Å². The average molecular weight is 598 g/mol. The van der Waals surface area contributed by atoms with E-state index >= 15 is 0 Å². The van der Waals surface area contributed by atoms with Crippen molar-refractivity contribution in [3.63, 3.8) is 0 Å². The molecule has 0 fully saturated rings. The third kappa shape index (κ3) is 12.4. The minimum Gasteiger partial charge on any atom is -0.346 e. The number of benzene rings is 2. The predicted molar refractivity (Wildman–Crippen MR) is 77.9 cm³/mol. The Hall–Kier alpha value is 1.34. The van der Waals surface area contributed by atoms with Crippen molar-refractivity contribution in [3.8, 4) is 0 Å². The molecule has 2 aromatic rings. The van der Waals surface area contributed by atoms with Gasteiger partial charge in [-0.05, 0) is 0 Å². The van der Waals surface area contributed by atoms with Gasteiger partial charge in [-0.25, -0.2) is 0 Å². The van der Waals surface area contributed by atoms with Crippen LogP contribution in [-0.4, -0.2) is 0 Å². The van der Waals surface area contributed by atoms with Crippen molar-refractivity contribution < 1.29 is 86.5 Å². The van der Waals surface area contributed by atoms with Crippen LogP contribution in [0.25, 0.3) is 0 Å². The van der Waals surface area contributed by atoms with Gasteiger partial charge in [0.2, 0.25) is 0 Å². The molecule has 0 aromatic heterocycles. The molecule has 21 heavy (non-hydrogen) atoms. The summed E-state index contributed by atoms with van der Waals surface area (Å²) in [4.78, 5) is 0. The minimum atomic E-state index is 0. The Morgan fingerprint density at radius 1 is 0.857 bits per heavy atom. The maximum atomic E-state index is 3.25. The third-order valence-corrected chi connectivity index (χ3v) is 2.53. The second-order valence-corrected chi connectivity index (χ2v) is 4.09. The quantitative estimate of drug-likeness (QED) is 0.456. The van der Waals surface area contributed by atoms with Crippen LogP contribution < -0.4 is 0 Å². The summed E-state index contributed by atoms with van der Waals surface area (Å²) in [6.07, 6.45) is 2.01. The topological polar surface area (TPSA) is 0 Å². The van der Waals surface area contributed by atoms with Crippen molar-refractivity contribution in [3.05, 3.63) is 84.6 Å². The second kappa shape index (κ2) is 17.7. The standard InChI is InChI=1S/C16H15.C2H5.W.2Y/c1-14(12-15-8-4-2-5-9-15)13-16-10-6-3-7-11-16;1-2;;;/h2-8,10H,12-13H2,1H3;1H2,2H3;;;/q-3;-1;;;. The van der Waals surface area contributed by atoms with Gasteiger partial charge in [0.15, 0.2) is 0 Å². The molecule has 0 aliphatic rings. The van der Waals surface area contributed by atoms with E-state index in [-0.39, 0.29) is 86.5 Å². The van der Waals surface area contributed by atoms with E-state index in [1.807, 2.05) is 24.3 Å². The van der Waals surface area contributed by atoms with E-state index in [1.165, 1.54) is 17.0 Å². The van der Waals surface area contributed by atoms with Crippen molar-refractivity contribution in [1.29, 1.82) is 0 Å². The summed E-state index contributed by atoms with van der Waals surface area (Å²) < 4.78 is 0. The van der Waals surface area contributed by atoms with Crippen molar-refractivity contribution in [2.24, 2.45) is 0 Å². The Balaban J connectivity index is -0.000000621. The number of rotatable bonds is 4. The Morgan fingerprint density at radius 3 is 1.52 bits per heavy atom. The van der Waals surface area contributed by atoms with Crippen LogP contribution in [0.2, 0.25) is 0 Å². The molecule has 2 radical (unpaired) electrons. The van der Waals surface area contributed by atoms with Crippen LogP contribution in [0.15, 0.2) is 48.5 Å². The second-order valence-electron chi connectivity index (χ2n) is 4.09. The molecule has 0 atom stereocenters. The average Bonchev–Trinajstić information content (AvgIpc) is 2.43. The first kappa shape index (κ1) is 27.2.